The lowest BCUT2D eigenvalue weighted by molar-refractivity contribution is 0.0274. The van der Waals surface area contributed by atoms with Gasteiger partial charge in [0.25, 0.3) is 0 Å². The second-order valence-electron chi connectivity index (χ2n) is 9.76. The number of hydrogen-bond donors (Lipinski definition) is 2. The summed E-state index contributed by atoms with van der Waals surface area (Å²) in [6.45, 7) is 13.9. The van der Waals surface area contributed by atoms with Crippen LogP contribution in [0.4, 0.5) is 4.79 Å². The van der Waals surface area contributed by atoms with Crippen LogP contribution in [0.15, 0.2) is 18.2 Å². The molecule has 0 aliphatic carbocycles. The zero-order valence-corrected chi connectivity index (χ0v) is 20.2. The Morgan fingerprint density at radius 1 is 1.30 bits per heavy atom. The molecule has 0 aliphatic rings. The van der Waals surface area contributed by atoms with Gasteiger partial charge in [-0.15, -0.1) is 0 Å². The molecular weight excluding hydrogens is 398 g/mol. The van der Waals surface area contributed by atoms with E-state index < -0.39 is 19.8 Å². The van der Waals surface area contributed by atoms with Crippen molar-refractivity contribution in [3.8, 4) is 0 Å². The van der Waals surface area contributed by atoms with Gasteiger partial charge in [-0.05, 0) is 45.0 Å². The smallest absolute Gasteiger partial charge is 0.410 e. The molecule has 166 valence electrons. The summed E-state index contributed by atoms with van der Waals surface area (Å²) in [5.41, 5.74) is 7.92. The van der Waals surface area contributed by atoms with Gasteiger partial charge in [0.15, 0.2) is 0 Å². The van der Waals surface area contributed by atoms with Crippen LogP contribution in [0.3, 0.4) is 0 Å². The predicted octanol–water partition coefficient (Wildman–Crippen LogP) is 4.00. The van der Waals surface area contributed by atoms with Crippen molar-refractivity contribution in [2.45, 2.75) is 65.3 Å². The summed E-state index contributed by atoms with van der Waals surface area (Å²) in [7, 11) is 0.521. The SMILES string of the molecule is CN(Cc1cc2nc(C(=N)N)ccc2n1COCC[Si](C)(C)C)C(=O)OC(C)(C)C. The van der Waals surface area contributed by atoms with E-state index in [0.717, 1.165) is 17.3 Å². The molecule has 3 N–H and O–H groups in total. The number of hydrogen-bond acceptors (Lipinski definition) is 5. The van der Waals surface area contributed by atoms with E-state index in [1.54, 1.807) is 13.1 Å². The molecule has 0 saturated carbocycles. The lowest BCUT2D eigenvalue weighted by Gasteiger charge is -2.25. The van der Waals surface area contributed by atoms with Crippen LogP contribution in [0, 0.1) is 5.41 Å². The van der Waals surface area contributed by atoms with Crippen LogP contribution in [0.2, 0.25) is 25.7 Å². The minimum absolute atomic E-state index is 0.0801. The molecule has 0 aromatic carbocycles. The molecule has 0 radical (unpaired) electrons. The van der Waals surface area contributed by atoms with Gasteiger partial charge in [-0.2, -0.15) is 0 Å². The molecule has 0 aliphatic heterocycles. The van der Waals surface area contributed by atoms with Crippen LogP contribution in [0.1, 0.15) is 32.2 Å². The molecule has 9 heteroatoms. The number of nitrogens with two attached hydrogens (primary N) is 1. The van der Waals surface area contributed by atoms with E-state index in [1.165, 1.54) is 4.90 Å². The lowest BCUT2D eigenvalue weighted by atomic mass is 10.2. The van der Waals surface area contributed by atoms with Crippen molar-refractivity contribution < 1.29 is 14.3 Å². The van der Waals surface area contributed by atoms with Gasteiger partial charge >= 0.3 is 6.09 Å². The summed E-state index contributed by atoms with van der Waals surface area (Å²) in [4.78, 5) is 18.4. The third-order valence-electron chi connectivity index (χ3n) is 4.44. The summed E-state index contributed by atoms with van der Waals surface area (Å²) in [5.74, 6) is -0.0801. The van der Waals surface area contributed by atoms with Gasteiger partial charge in [-0.1, -0.05) is 19.6 Å². The van der Waals surface area contributed by atoms with Crippen LogP contribution in [0.25, 0.3) is 11.0 Å². The maximum absolute atomic E-state index is 12.4. The van der Waals surface area contributed by atoms with Gasteiger partial charge < -0.3 is 24.7 Å². The molecule has 0 spiro atoms. The molecule has 0 bridgehead atoms. The van der Waals surface area contributed by atoms with Gasteiger partial charge in [0.05, 0.1) is 17.6 Å². The highest BCUT2D eigenvalue weighted by atomic mass is 28.3. The number of pyridine rings is 1. The summed E-state index contributed by atoms with van der Waals surface area (Å²) >= 11 is 0. The number of nitrogens with zero attached hydrogens (tertiary/aromatic N) is 3. The molecule has 0 saturated heterocycles. The number of nitrogen functional groups attached to an aromatic ring is 1. The molecule has 30 heavy (non-hydrogen) atoms. The van der Waals surface area contributed by atoms with Crippen molar-refractivity contribution >= 4 is 31.0 Å². The van der Waals surface area contributed by atoms with Gasteiger partial charge in [0.2, 0.25) is 0 Å². The Hall–Kier alpha value is -2.39. The molecule has 0 atom stereocenters. The number of carbonyl (C=O) groups is 1. The summed E-state index contributed by atoms with van der Waals surface area (Å²) in [6.07, 6.45) is -0.392. The van der Waals surface area contributed by atoms with Crippen molar-refractivity contribution in [1.82, 2.24) is 14.5 Å². The third kappa shape index (κ3) is 6.84. The first-order valence-corrected chi connectivity index (χ1v) is 13.8. The first-order chi connectivity index (χ1) is 13.8. The normalized spacial score (nSPS) is 12.2. The van der Waals surface area contributed by atoms with Crippen molar-refractivity contribution in [2.75, 3.05) is 13.7 Å². The van der Waals surface area contributed by atoms with Crippen molar-refractivity contribution in [2.24, 2.45) is 5.73 Å². The van der Waals surface area contributed by atoms with Crippen LogP contribution >= 0.6 is 0 Å². The summed E-state index contributed by atoms with van der Waals surface area (Å²) in [6, 6.07) is 6.60. The molecule has 8 nitrogen and oxygen atoms in total. The molecular formula is C21H35N5O3Si. The number of nitrogens with one attached hydrogen (secondary N) is 1. The highest BCUT2D eigenvalue weighted by molar-refractivity contribution is 6.76. The zero-order chi connectivity index (χ0) is 22.7. The molecule has 2 aromatic rings. The van der Waals surface area contributed by atoms with Gasteiger partial charge in [0, 0.05) is 27.4 Å². The average Bonchev–Trinajstić information content (AvgIpc) is 2.92. The molecule has 2 aromatic heterocycles. The van der Waals surface area contributed by atoms with Crippen molar-refractivity contribution in [3.05, 3.63) is 29.6 Å². The third-order valence-corrected chi connectivity index (χ3v) is 6.14. The fourth-order valence-corrected chi connectivity index (χ4v) is 3.56. The number of fused-ring (bicyclic) bond motifs is 1. The van der Waals surface area contributed by atoms with E-state index in [9.17, 15) is 4.79 Å². The summed E-state index contributed by atoms with van der Waals surface area (Å²) in [5, 5.41) is 7.64. The second kappa shape index (κ2) is 9.17. The Labute approximate surface area is 179 Å². The number of carbonyl (C=O) groups excluding carboxylic acids is 1. The quantitative estimate of drug-likeness (QED) is 0.283. The lowest BCUT2D eigenvalue weighted by Crippen LogP contribution is -2.34. The summed E-state index contributed by atoms with van der Waals surface area (Å²) < 4.78 is 13.4. The predicted molar refractivity (Wildman–Crippen MR) is 123 cm³/mol. The number of aromatic nitrogens is 2. The number of rotatable bonds is 8. The highest BCUT2D eigenvalue weighted by Crippen LogP contribution is 2.21. The average molecular weight is 434 g/mol. The first-order valence-electron chi connectivity index (χ1n) is 10.1. The molecule has 0 fully saturated rings. The van der Waals surface area contributed by atoms with Crippen LogP contribution in [-0.4, -0.2) is 53.7 Å². The largest absolute Gasteiger partial charge is 0.444 e. The van der Waals surface area contributed by atoms with Crippen LogP contribution in [-0.2, 0) is 22.7 Å². The van der Waals surface area contributed by atoms with Gasteiger partial charge in [-0.3, -0.25) is 5.41 Å². The van der Waals surface area contributed by atoms with Crippen LogP contribution in [0.5, 0.6) is 0 Å². The Kier molecular flexibility index (Phi) is 7.30. The zero-order valence-electron chi connectivity index (χ0n) is 19.2. The first kappa shape index (κ1) is 23.9. The standard InChI is InChI=1S/C21H35N5O3Si/c1-21(2,3)29-20(27)25(4)13-15-12-17-18(9-8-16(24-17)19(22)23)26(15)14-28-10-11-30(5,6)7/h8-9,12H,10-11,13-14H2,1-7H3,(H3,22,23). The Balaban J connectivity index is 2.28. The van der Waals surface area contributed by atoms with E-state index in [1.807, 2.05) is 37.5 Å². The van der Waals surface area contributed by atoms with E-state index in [4.69, 9.17) is 20.6 Å². The topological polar surface area (TPSA) is 106 Å². The minimum Gasteiger partial charge on any atom is -0.444 e. The van der Waals surface area contributed by atoms with Crippen molar-refractivity contribution in [3.63, 3.8) is 0 Å². The maximum atomic E-state index is 12.4. The number of ether oxygens (including phenoxy) is 2. The van der Waals surface area contributed by atoms with Crippen LogP contribution < -0.4 is 5.73 Å². The van der Waals surface area contributed by atoms with E-state index in [2.05, 4.69) is 24.6 Å². The molecule has 1 amide bonds. The second-order valence-corrected chi connectivity index (χ2v) is 15.4. The Bertz CT molecular complexity index is 912. The molecule has 2 rings (SSSR count). The van der Waals surface area contributed by atoms with E-state index in [-0.39, 0.29) is 5.84 Å². The van der Waals surface area contributed by atoms with Gasteiger partial charge in [0.1, 0.15) is 23.9 Å². The maximum Gasteiger partial charge on any atom is 0.410 e. The Morgan fingerprint density at radius 3 is 2.53 bits per heavy atom. The fraction of sp³-hybridized carbons (Fsp3) is 0.571. The number of amides is 1. The van der Waals surface area contributed by atoms with E-state index >= 15 is 0 Å². The molecule has 2 heterocycles. The Morgan fingerprint density at radius 2 is 1.97 bits per heavy atom. The van der Waals surface area contributed by atoms with Gasteiger partial charge in [-0.25, -0.2) is 9.78 Å². The van der Waals surface area contributed by atoms with Crippen molar-refractivity contribution in [1.29, 1.82) is 5.41 Å². The molecule has 0 unspecified atom stereocenters. The van der Waals surface area contributed by atoms with E-state index in [0.29, 0.717) is 31.1 Å². The fourth-order valence-electron chi connectivity index (χ4n) is 2.81. The highest BCUT2D eigenvalue weighted by Gasteiger charge is 2.22. The monoisotopic (exact) mass is 433 g/mol. The number of amidine groups is 1. The minimum atomic E-state index is -1.18.